The minimum absolute atomic E-state index is 0.848. The SMILES string of the molecule is C=c1c(-c2ccc(-c3ccc4ccccc4c3)cc2)c2ccccc2c(-c2cccc3c2oc2ccccc23)/c1=C/C=N. The average Bonchev–Trinajstić information content (AvgIpc) is 3.44. The normalized spacial score (nSPS) is 12.0. The minimum atomic E-state index is 0.848. The van der Waals surface area contributed by atoms with E-state index in [1.807, 2.05) is 24.3 Å². The topological polar surface area (TPSA) is 37.0 Å². The molecule has 0 amide bonds. The smallest absolute Gasteiger partial charge is 0.143 e. The summed E-state index contributed by atoms with van der Waals surface area (Å²) < 4.78 is 6.47. The number of hydrogen-bond acceptors (Lipinski definition) is 2. The lowest BCUT2D eigenvalue weighted by Gasteiger charge is -2.16. The van der Waals surface area contributed by atoms with Gasteiger partial charge in [0, 0.05) is 28.1 Å². The highest BCUT2D eigenvalue weighted by Gasteiger charge is 2.18. The van der Waals surface area contributed by atoms with Crippen molar-refractivity contribution in [2.45, 2.75) is 0 Å². The molecule has 0 unspecified atom stereocenters. The number of fused-ring (bicyclic) bond motifs is 5. The van der Waals surface area contributed by atoms with E-state index in [1.54, 1.807) is 0 Å². The predicted octanol–water partition coefficient (Wildman–Crippen LogP) is 9.73. The highest BCUT2D eigenvalue weighted by Crippen LogP contribution is 2.38. The first-order chi connectivity index (χ1) is 21.2. The molecule has 0 bridgehead atoms. The molecule has 0 aliphatic carbocycles. The highest BCUT2D eigenvalue weighted by atomic mass is 16.3. The van der Waals surface area contributed by atoms with Crippen molar-refractivity contribution < 1.29 is 4.42 Å². The predicted molar refractivity (Wildman–Crippen MR) is 183 cm³/mol. The van der Waals surface area contributed by atoms with Gasteiger partial charge in [-0.2, -0.15) is 0 Å². The summed E-state index contributed by atoms with van der Waals surface area (Å²) in [5.41, 5.74) is 8.28. The van der Waals surface area contributed by atoms with Gasteiger partial charge in [-0.1, -0.05) is 128 Å². The quantitative estimate of drug-likeness (QED) is 0.218. The molecule has 0 fully saturated rings. The third-order valence-electron chi connectivity index (χ3n) is 8.54. The zero-order valence-electron chi connectivity index (χ0n) is 23.5. The van der Waals surface area contributed by atoms with E-state index in [0.29, 0.717) is 0 Å². The van der Waals surface area contributed by atoms with Gasteiger partial charge < -0.3 is 9.83 Å². The van der Waals surface area contributed by atoms with Crippen molar-refractivity contribution in [2.75, 3.05) is 0 Å². The summed E-state index contributed by atoms with van der Waals surface area (Å²) in [6, 6.07) is 46.8. The fourth-order valence-electron chi connectivity index (χ4n) is 6.54. The maximum atomic E-state index is 8.08. The Kier molecular flexibility index (Phi) is 5.80. The van der Waals surface area contributed by atoms with E-state index in [-0.39, 0.29) is 0 Å². The first-order valence-electron chi connectivity index (χ1n) is 14.5. The van der Waals surface area contributed by atoms with Crippen LogP contribution < -0.4 is 10.4 Å². The fraction of sp³-hybridized carbons (Fsp3) is 0. The zero-order chi connectivity index (χ0) is 28.9. The van der Waals surface area contributed by atoms with Crippen LogP contribution in [0.1, 0.15) is 0 Å². The summed E-state index contributed by atoms with van der Waals surface area (Å²) in [6.45, 7) is 4.62. The summed E-state index contributed by atoms with van der Waals surface area (Å²) in [4.78, 5) is 0. The van der Waals surface area contributed by atoms with Gasteiger partial charge in [-0.3, -0.25) is 0 Å². The summed E-state index contributed by atoms with van der Waals surface area (Å²) in [6.07, 6.45) is 3.21. The van der Waals surface area contributed by atoms with Crippen LogP contribution in [0.2, 0.25) is 0 Å². The number of furan rings is 1. The van der Waals surface area contributed by atoms with E-state index in [4.69, 9.17) is 9.83 Å². The van der Waals surface area contributed by atoms with Gasteiger partial charge in [0.15, 0.2) is 0 Å². The third-order valence-corrected chi connectivity index (χ3v) is 8.54. The van der Waals surface area contributed by atoms with Gasteiger partial charge in [-0.15, -0.1) is 0 Å². The van der Waals surface area contributed by atoms with Crippen molar-refractivity contribution in [3.05, 3.63) is 144 Å². The second-order valence-electron chi connectivity index (χ2n) is 10.9. The maximum absolute atomic E-state index is 8.08. The molecule has 0 aliphatic heterocycles. The van der Waals surface area contributed by atoms with Crippen LogP contribution in [0, 0.1) is 5.41 Å². The van der Waals surface area contributed by atoms with Crippen molar-refractivity contribution >= 4 is 62.4 Å². The van der Waals surface area contributed by atoms with E-state index in [9.17, 15) is 0 Å². The molecule has 1 heterocycles. The molecule has 1 aromatic heterocycles. The van der Waals surface area contributed by atoms with Gasteiger partial charge in [0.25, 0.3) is 0 Å². The zero-order valence-corrected chi connectivity index (χ0v) is 23.5. The third kappa shape index (κ3) is 3.99. The Morgan fingerprint density at radius 1 is 0.535 bits per heavy atom. The standard InChI is InChI=1S/C41H27NO/c1-26-32(23-24-42)40(37-15-8-14-36-33-11-6-7-16-38(33)43-41(36)37)35-13-5-4-12-34(35)39(26)29-20-17-28(18-21-29)31-22-19-27-9-2-3-10-30(27)25-31/h2-25,42H,1H2/b32-23+,42-24?. The van der Waals surface area contributed by atoms with Gasteiger partial charge in [-0.05, 0) is 72.4 Å². The van der Waals surface area contributed by atoms with E-state index in [1.165, 1.54) is 28.1 Å². The summed E-state index contributed by atoms with van der Waals surface area (Å²) in [5, 5.41) is 16.8. The Hall–Kier alpha value is -5.73. The molecule has 202 valence electrons. The number of rotatable bonds is 4. The molecule has 8 aromatic rings. The number of hydrogen-bond donors (Lipinski definition) is 1. The molecular weight excluding hydrogens is 522 g/mol. The molecule has 8 rings (SSSR count). The molecule has 1 N–H and O–H groups in total. The summed E-state index contributed by atoms with van der Waals surface area (Å²) >= 11 is 0. The molecule has 0 saturated carbocycles. The number of benzene rings is 7. The Labute approximate surface area is 249 Å². The van der Waals surface area contributed by atoms with Gasteiger partial charge >= 0.3 is 0 Å². The minimum Gasteiger partial charge on any atom is -0.455 e. The lowest BCUT2D eigenvalue weighted by Crippen LogP contribution is -2.28. The van der Waals surface area contributed by atoms with Gasteiger partial charge in [0.2, 0.25) is 0 Å². The molecule has 2 heteroatoms. The van der Waals surface area contributed by atoms with Crippen molar-refractivity contribution in [2.24, 2.45) is 0 Å². The van der Waals surface area contributed by atoms with E-state index in [2.05, 4.69) is 122 Å². The van der Waals surface area contributed by atoms with Crippen molar-refractivity contribution in [3.8, 4) is 33.4 Å². The Morgan fingerprint density at radius 3 is 1.95 bits per heavy atom. The average molecular weight is 550 g/mol. The summed E-state index contributed by atoms with van der Waals surface area (Å²) in [7, 11) is 0. The van der Waals surface area contributed by atoms with Crippen LogP contribution in [-0.4, -0.2) is 6.21 Å². The van der Waals surface area contributed by atoms with Crippen LogP contribution in [-0.2, 0) is 0 Å². The van der Waals surface area contributed by atoms with Gasteiger partial charge in [0.05, 0.1) is 0 Å². The van der Waals surface area contributed by atoms with Crippen LogP contribution in [0.25, 0.3) is 89.5 Å². The molecule has 43 heavy (non-hydrogen) atoms. The molecule has 0 atom stereocenters. The second kappa shape index (κ2) is 9.97. The molecule has 0 saturated heterocycles. The Morgan fingerprint density at radius 2 is 1.16 bits per heavy atom. The van der Waals surface area contributed by atoms with Gasteiger partial charge in [-0.25, -0.2) is 0 Å². The van der Waals surface area contributed by atoms with Crippen LogP contribution in [0.3, 0.4) is 0 Å². The first kappa shape index (κ1) is 25.0. The first-order valence-corrected chi connectivity index (χ1v) is 14.5. The maximum Gasteiger partial charge on any atom is 0.143 e. The van der Waals surface area contributed by atoms with Crippen molar-refractivity contribution in [1.29, 1.82) is 5.41 Å². The van der Waals surface area contributed by atoms with Crippen LogP contribution in [0.4, 0.5) is 0 Å². The molecule has 7 aromatic carbocycles. The van der Waals surface area contributed by atoms with E-state index >= 15 is 0 Å². The monoisotopic (exact) mass is 549 g/mol. The molecule has 2 nitrogen and oxygen atoms in total. The second-order valence-corrected chi connectivity index (χ2v) is 10.9. The number of para-hydroxylation sites is 2. The molecular formula is C41H27NO. The lowest BCUT2D eigenvalue weighted by molar-refractivity contribution is 0.670. The largest absolute Gasteiger partial charge is 0.455 e. The fourth-order valence-corrected chi connectivity index (χ4v) is 6.54. The van der Waals surface area contributed by atoms with Crippen LogP contribution in [0.15, 0.2) is 138 Å². The Bertz CT molecular complexity index is 2480. The van der Waals surface area contributed by atoms with Gasteiger partial charge in [0.1, 0.15) is 11.2 Å². The molecule has 0 radical (unpaired) electrons. The van der Waals surface area contributed by atoms with Crippen molar-refractivity contribution in [3.63, 3.8) is 0 Å². The number of nitrogens with one attached hydrogen (secondary N) is 1. The van der Waals surface area contributed by atoms with E-state index < -0.39 is 0 Å². The molecule has 0 aliphatic rings. The van der Waals surface area contributed by atoms with Crippen molar-refractivity contribution in [1.82, 2.24) is 0 Å². The molecule has 0 spiro atoms. The lowest BCUT2D eigenvalue weighted by atomic mass is 9.87. The highest BCUT2D eigenvalue weighted by molar-refractivity contribution is 6.14. The van der Waals surface area contributed by atoms with Crippen LogP contribution in [0.5, 0.6) is 0 Å². The Balaban J connectivity index is 1.36. The van der Waals surface area contributed by atoms with E-state index in [0.717, 1.165) is 65.4 Å². The summed E-state index contributed by atoms with van der Waals surface area (Å²) in [5.74, 6) is 0. The van der Waals surface area contributed by atoms with Crippen LogP contribution >= 0.6 is 0 Å².